The van der Waals surface area contributed by atoms with Crippen LogP contribution < -0.4 is 4.57 Å². The molecule has 1 aromatic heterocycles. The Kier molecular flexibility index (Phi) is 14.4. The lowest BCUT2D eigenvalue weighted by molar-refractivity contribution is -0.734. The molecule has 2 N–H and O–H groups in total. The van der Waals surface area contributed by atoms with E-state index in [0.29, 0.717) is 13.1 Å². The molecule has 1 rings (SSSR count). The van der Waals surface area contributed by atoms with Crippen LogP contribution in [-0.2, 0) is 33.6 Å². The average Bonchev–Trinajstić information content (AvgIpc) is 2.98. The summed E-state index contributed by atoms with van der Waals surface area (Å²) in [6.45, 7) is 5.46. The minimum atomic E-state index is -4.92. The third-order valence-electron chi connectivity index (χ3n) is 4.37. The second-order valence-corrected chi connectivity index (χ2v) is 9.22. The number of rotatable bonds is 14. The molecule has 0 aliphatic rings. The van der Waals surface area contributed by atoms with Crippen molar-refractivity contribution in [1.82, 2.24) is 4.57 Å². The molecule has 0 radical (unpaired) electrons. The van der Waals surface area contributed by atoms with E-state index in [0.717, 1.165) is 19.3 Å². The Hall–Kier alpha value is -1.01. The van der Waals surface area contributed by atoms with E-state index in [1.165, 1.54) is 51.4 Å². The van der Waals surface area contributed by atoms with Gasteiger partial charge in [-0.3, -0.25) is 9.11 Å². The molecule has 1 aromatic rings. The van der Waals surface area contributed by atoms with Gasteiger partial charge in [-0.1, -0.05) is 65.2 Å². The second-order valence-electron chi connectivity index (χ2n) is 7.05. The van der Waals surface area contributed by atoms with Crippen LogP contribution in [0, 0.1) is 0 Å². The third kappa shape index (κ3) is 15.5. The van der Waals surface area contributed by atoms with Crippen LogP contribution in [0.2, 0.25) is 0 Å². The highest BCUT2D eigenvalue weighted by Crippen LogP contribution is 2.12. The van der Waals surface area contributed by atoms with Crippen LogP contribution in [0.4, 0.5) is 0 Å². The fraction of sp³-hybridized carbons (Fsp3) is 0.833. The lowest BCUT2D eigenvalue weighted by Crippen LogP contribution is -2.38. The second kappa shape index (κ2) is 14.9. The fourth-order valence-corrected chi connectivity index (χ4v) is 4.00. The van der Waals surface area contributed by atoms with Crippen LogP contribution in [0.1, 0.15) is 84.5 Å². The summed E-state index contributed by atoms with van der Waals surface area (Å²) in [5.41, 5.74) is 0. The first-order valence-corrected chi connectivity index (χ1v) is 13.1. The summed E-state index contributed by atoms with van der Waals surface area (Å²) in [6, 6.07) is 0. The maximum atomic E-state index is 11.6. The highest BCUT2D eigenvalue weighted by molar-refractivity contribution is 7.85. The van der Waals surface area contributed by atoms with Crippen molar-refractivity contribution in [3.8, 4) is 0 Å². The minimum Gasteiger partial charge on any atom is -0.726 e. The van der Waals surface area contributed by atoms with Gasteiger partial charge in [0.25, 0.3) is 0 Å². The lowest BCUT2D eigenvalue weighted by Gasteiger charge is -2.03. The Morgan fingerprint density at radius 3 is 1.72 bits per heavy atom. The summed E-state index contributed by atoms with van der Waals surface area (Å²) < 4.78 is 68.8. The molecule has 9 nitrogen and oxygen atoms in total. The van der Waals surface area contributed by atoms with Gasteiger partial charge in [-0.15, -0.1) is 0 Å². The van der Waals surface area contributed by atoms with E-state index in [4.69, 9.17) is 17.5 Å². The maximum absolute atomic E-state index is 11.6. The SMILES string of the molecule is CCCCCCCCCCCCn1cc[n+](CCC)c1S(=O)(=O)O.O=S(=O)([O-])O. The number of hydrogen-bond acceptors (Lipinski definition) is 5. The first kappa shape index (κ1) is 28.0. The predicted molar refractivity (Wildman–Crippen MR) is 109 cm³/mol. The Morgan fingerprint density at radius 2 is 1.31 bits per heavy atom. The predicted octanol–water partition coefficient (Wildman–Crippen LogP) is 3.36. The average molecular weight is 457 g/mol. The van der Waals surface area contributed by atoms with Gasteiger partial charge in [-0.2, -0.15) is 8.42 Å². The zero-order chi connectivity index (χ0) is 22.3. The molecule has 1 heterocycles. The van der Waals surface area contributed by atoms with E-state index in [1.54, 1.807) is 21.5 Å². The van der Waals surface area contributed by atoms with Crippen molar-refractivity contribution in [2.24, 2.45) is 0 Å². The van der Waals surface area contributed by atoms with Gasteiger partial charge in [0, 0.05) is 0 Å². The molecule has 0 bridgehead atoms. The van der Waals surface area contributed by atoms with E-state index >= 15 is 0 Å². The van der Waals surface area contributed by atoms with E-state index in [9.17, 15) is 13.0 Å². The van der Waals surface area contributed by atoms with Crippen molar-refractivity contribution < 1.29 is 35.1 Å². The number of aryl methyl sites for hydroxylation is 2. The zero-order valence-corrected chi connectivity index (χ0v) is 19.1. The molecule has 11 heteroatoms. The molecule has 0 atom stereocenters. The van der Waals surface area contributed by atoms with Gasteiger partial charge in [0.15, 0.2) is 0 Å². The van der Waals surface area contributed by atoms with Gasteiger partial charge >= 0.3 is 15.3 Å². The number of unbranched alkanes of at least 4 members (excludes halogenated alkanes) is 9. The largest absolute Gasteiger partial charge is 0.726 e. The van der Waals surface area contributed by atoms with E-state index in [1.807, 2.05) is 6.92 Å². The molecular formula is C18H36N2O7S2. The fourth-order valence-electron chi connectivity index (χ4n) is 3.10. The summed E-state index contributed by atoms with van der Waals surface area (Å²) >= 11 is 0. The maximum Gasteiger partial charge on any atom is 0.402 e. The highest BCUT2D eigenvalue weighted by atomic mass is 32.3. The first-order valence-electron chi connectivity index (χ1n) is 10.2. The first-order chi connectivity index (χ1) is 13.5. The molecule has 0 amide bonds. The Balaban J connectivity index is 0.00000139. The number of hydrogen-bond donors (Lipinski definition) is 2. The van der Waals surface area contributed by atoms with Gasteiger partial charge in [0.05, 0.1) is 13.1 Å². The molecule has 0 spiro atoms. The Bertz CT molecular complexity index is 751. The van der Waals surface area contributed by atoms with Gasteiger partial charge in [0.2, 0.25) is 10.4 Å². The van der Waals surface area contributed by atoms with Crippen molar-refractivity contribution in [3.63, 3.8) is 0 Å². The van der Waals surface area contributed by atoms with Crippen molar-refractivity contribution in [2.45, 2.75) is 103 Å². The molecule has 0 fully saturated rings. The summed E-state index contributed by atoms with van der Waals surface area (Å²) in [5.74, 6) is 0. The van der Waals surface area contributed by atoms with Gasteiger partial charge < -0.3 is 4.55 Å². The Labute approximate surface area is 175 Å². The van der Waals surface area contributed by atoms with Gasteiger partial charge in [0.1, 0.15) is 12.4 Å². The molecular weight excluding hydrogens is 420 g/mol. The van der Waals surface area contributed by atoms with Crippen LogP contribution in [0.25, 0.3) is 0 Å². The molecule has 29 heavy (non-hydrogen) atoms. The van der Waals surface area contributed by atoms with Crippen LogP contribution in [0.3, 0.4) is 0 Å². The zero-order valence-electron chi connectivity index (χ0n) is 17.5. The quantitative estimate of drug-likeness (QED) is 0.189. The van der Waals surface area contributed by atoms with E-state index < -0.39 is 20.5 Å². The summed E-state index contributed by atoms with van der Waals surface area (Å²) in [4.78, 5) is 0. The molecule has 0 saturated carbocycles. The topological polar surface area (TPSA) is 141 Å². The number of nitrogens with zero attached hydrogens (tertiary/aromatic N) is 2. The van der Waals surface area contributed by atoms with E-state index in [-0.39, 0.29) is 5.16 Å². The van der Waals surface area contributed by atoms with Crippen LogP contribution in [0.5, 0.6) is 0 Å². The third-order valence-corrected chi connectivity index (χ3v) is 5.30. The van der Waals surface area contributed by atoms with Crippen molar-refractivity contribution in [1.29, 1.82) is 0 Å². The molecule has 0 unspecified atom stereocenters. The van der Waals surface area contributed by atoms with E-state index in [2.05, 4.69) is 6.92 Å². The molecule has 0 aromatic carbocycles. The van der Waals surface area contributed by atoms with Crippen LogP contribution in [0.15, 0.2) is 17.6 Å². The summed E-state index contributed by atoms with van der Waals surface area (Å²) in [6.07, 6.45) is 16.8. The lowest BCUT2D eigenvalue weighted by atomic mass is 10.1. The van der Waals surface area contributed by atoms with Gasteiger partial charge in [-0.25, -0.2) is 17.6 Å². The van der Waals surface area contributed by atoms with Crippen molar-refractivity contribution in [3.05, 3.63) is 12.4 Å². The summed E-state index contributed by atoms with van der Waals surface area (Å²) in [7, 11) is -9.10. The minimum absolute atomic E-state index is 0.0141. The van der Waals surface area contributed by atoms with Crippen LogP contribution in [-0.4, -0.2) is 35.1 Å². The van der Waals surface area contributed by atoms with Crippen molar-refractivity contribution in [2.75, 3.05) is 0 Å². The Morgan fingerprint density at radius 1 is 0.862 bits per heavy atom. The molecule has 172 valence electrons. The molecule has 0 aliphatic carbocycles. The van der Waals surface area contributed by atoms with Gasteiger partial charge in [-0.05, 0) is 19.3 Å². The summed E-state index contributed by atoms with van der Waals surface area (Å²) in [5, 5.41) is 0.0141. The monoisotopic (exact) mass is 456 g/mol. The molecule has 0 saturated heterocycles. The van der Waals surface area contributed by atoms with Crippen molar-refractivity contribution >= 4 is 20.5 Å². The highest BCUT2D eigenvalue weighted by Gasteiger charge is 2.28. The standard InChI is InChI=1S/C18H34N2O3S.H2O4S/c1-3-5-6-7-8-9-10-11-12-13-15-20-17-16-19(14-4-2)18(20)24(21,22)23;1-5(2,3)4/h16-17H,3-15H2,1-2H3;(H2,1,2,3,4). The molecule has 0 aliphatic heterocycles. The number of imidazole rings is 1. The normalized spacial score (nSPS) is 11.9. The number of aromatic nitrogens is 2. The van der Waals surface area contributed by atoms with Crippen LogP contribution >= 0.6 is 0 Å². The smallest absolute Gasteiger partial charge is 0.402 e.